The van der Waals surface area contributed by atoms with Gasteiger partial charge in [-0.25, -0.2) is 8.42 Å². The highest BCUT2D eigenvalue weighted by molar-refractivity contribution is 7.89. The number of sulfonamides is 1. The maximum absolute atomic E-state index is 12.8. The van der Waals surface area contributed by atoms with Crippen LogP contribution in [0.2, 0.25) is 0 Å². The van der Waals surface area contributed by atoms with Crippen LogP contribution in [0.4, 0.5) is 0 Å². The average molecular weight is 367 g/mol. The minimum atomic E-state index is -3.65. The van der Waals surface area contributed by atoms with Crippen LogP contribution in [0, 0.1) is 0 Å². The normalized spacial score (nSPS) is 18.2. The Labute approximate surface area is 149 Å². The van der Waals surface area contributed by atoms with Gasteiger partial charge in [0.2, 0.25) is 15.9 Å². The molecule has 138 valence electrons. The van der Waals surface area contributed by atoms with Gasteiger partial charge < -0.3 is 9.80 Å². The first-order valence-electron chi connectivity index (χ1n) is 8.23. The predicted molar refractivity (Wildman–Crippen MR) is 95.6 cm³/mol. The van der Waals surface area contributed by atoms with Crippen molar-refractivity contribution in [2.45, 2.75) is 18.1 Å². The summed E-state index contributed by atoms with van der Waals surface area (Å²) in [4.78, 5) is 27.3. The summed E-state index contributed by atoms with van der Waals surface area (Å²) in [6.45, 7) is 0.495. The van der Waals surface area contributed by atoms with Gasteiger partial charge in [0.15, 0.2) is 0 Å². The fraction of sp³-hybridized carbons (Fsp3) is 0.529. The number of hydrogen-bond donors (Lipinski definition) is 0. The molecule has 0 N–H and O–H groups in total. The van der Waals surface area contributed by atoms with Crippen LogP contribution in [0.5, 0.6) is 0 Å². The number of hydrogen-bond acceptors (Lipinski definition) is 4. The third kappa shape index (κ3) is 4.58. The van der Waals surface area contributed by atoms with Crippen LogP contribution < -0.4 is 0 Å². The molecule has 1 atom stereocenters. The zero-order valence-corrected chi connectivity index (χ0v) is 15.7. The smallest absolute Gasteiger partial charge is 0.253 e. The monoisotopic (exact) mass is 367 g/mol. The van der Waals surface area contributed by atoms with Crippen molar-refractivity contribution in [3.63, 3.8) is 0 Å². The molecule has 2 rings (SSSR count). The summed E-state index contributed by atoms with van der Waals surface area (Å²) in [5.41, 5.74) is 0.552. The molecule has 1 aromatic rings. The highest BCUT2D eigenvalue weighted by atomic mass is 32.2. The molecule has 25 heavy (non-hydrogen) atoms. The molecule has 1 saturated heterocycles. The summed E-state index contributed by atoms with van der Waals surface area (Å²) in [5.74, 6) is -0.438. The first-order chi connectivity index (χ1) is 11.7. The summed E-state index contributed by atoms with van der Waals surface area (Å²) in [6.07, 6.45) is 1.11. The molecule has 7 nitrogen and oxygen atoms in total. The lowest BCUT2D eigenvalue weighted by Crippen LogP contribution is -2.50. The minimum absolute atomic E-state index is 0.149. The Hall–Kier alpha value is -1.93. The van der Waals surface area contributed by atoms with Crippen molar-refractivity contribution < 1.29 is 18.0 Å². The van der Waals surface area contributed by atoms with Crippen LogP contribution in [0.25, 0.3) is 0 Å². The fourth-order valence-electron chi connectivity index (χ4n) is 2.81. The third-order valence-electron chi connectivity index (χ3n) is 4.40. The maximum atomic E-state index is 12.8. The van der Waals surface area contributed by atoms with E-state index in [1.54, 1.807) is 43.3 Å². The second-order valence-electron chi connectivity index (χ2n) is 6.47. The van der Waals surface area contributed by atoms with Crippen LogP contribution in [0.1, 0.15) is 23.2 Å². The Morgan fingerprint density at radius 2 is 1.80 bits per heavy atom. The SMILES string of the molecule is CN(C)C(=O)CN(C)S(=O)(=O)C1CCCN(C(=O)c2ccccc2)C1. The van der Waals surface area contributed by atoms with Crippen LogP contribution in [0.15, 0.2) is 30.3 Å². The van der Waals surface area contributed by atoms with Crippen molar-refractivity contribution in [1.29, 1.82) is 0 Å². The zero-order valence-electron chi connectivity index (χ0n) is 14.9. The van der Waals surface area contributed by atoms with E-state index in [1.807, 2.05) is 6.07 Å². The van der Waals surface area contributed by atoms with Crippen molar-refractivity contribution in [2.75, 3.05) is 40.8 Å². The van der Waals surface area contributed by atoms with Gasteiger partial charge in [-0.1, -0.05) is 18.2 Å². The van der Waals surface area contributed by atoms with Crippen LogP contribution in [0.3, 0.4) is 0 Å². The van der Waals surface area contributed by atoms with E-state index in [2.05, 4.69) is 0 Å². The predicted octanol–water partition coefficient (Wildman–Crippen LogP) is 0.641. The van der Waals surface area contributed by atoms with E-state index < -0.39 is 15.3 Å². The number of nitrogens with zero attached hydrogens (tertiary/aromatic N) is 3. The van der Waals surface area contributed by atoms with Gasteiger partial charge in [0.25, 0.3) is 5.91 Å². The molecule has 1 aliphatic heterocycles. The zero-order chi connectivity index (χ0) is 18.6. The molecule has 0 aliphatic carbocycles. The van der Waals surface area contributed by atoms with E-state index in [1.165, 1.54) is 11.9 Å². The van der Waals surface area contributed by atoms with Gasteiger partial charge in [-0.05, 0) is 25.0 Å². The maximum Gasteiger partial charge on any atom is 0.253 e. The van der Waals surface area contributed by atoms with Crippen molar-refractivity contribution in [3.05, 3.63) is 35.9 Å². The molecule has 0 aromatic heterocycles. The van der Waals surface area contributed by atoms with Gasteiger partial charge in [-0.3, -0.25) is 9.59 Å². The molecule has 0 bridgehead atoms. The van der Waals surface area contributed by atoms with Gasteiger partial charge in [0, 0.05) is 39.8 Å². The van der Waals surface area contributed by atoms with Gasteiger partial charge in [-0.15, -0.1) is 0 Å². The Balaban J connectivity index is 2.09. The number of likely N-dealkylation sites (tertiary alicyclic amines) is 1. The van der Waals surface area contributed by atoms with Crippen molar-refractivity contribution >= 4 is 21.8 Å². The van der Waals surface area contributed by atoms with E-state index in [0.717, 1.165) is 4.31 Å². The first kappa shape index (κ1) is 19.4. The summed E-state index contributed by atoms with van der Waals surface area (Å²) in [7, 11) is 0.938. The Bertz CT molecular complexity index is 719. The highest BCUT2D eigenvalue weighted by Gasteiger charge is 2.36. The van der Waals surface area contributed by atoms with Gasteiger partial charge in [-0.2, -0.15) is 4.31 Å². The van der Waals surface area contributed by atoms with Crippen LogP contribution in [-0.4, -0.2) is 80.4 Å². The van der Waals surface area contributed by atoms with E-state index in [9.17, 15) is 18.0 Å². The van der Waals surface area contributed by atoms with E-state index >= 15 is 0 Å². The van der Waals surface area contributed by atoms with Gasteiger partial charge in [0.05, 0.1) is 11.8 Å². The molecule has 1 fully saturated rings. The molecular weight excluding hydrogens is 342 g/mol. The lowest BCUT2D eigenvalue weighted by Gasteiger charge is -2.34. The van der Waals surface area contributed by atoms with Crippen LogP contribution >= 0.6 is 0 Å². The number of benzene rings is 1. The van der Waals surface area contributed by atoms with E-state index in [0.29, 0.717) is 24.9 Å². The molecule has 1 aliphatic rings. The summed E-state index contributed by atoms with van der Waals surface area (Å²) in [5, 5.41) is -0.686. The van der Waals surface area contributed by atoms with Crippen molar-refractivity contribution in [1.82, 2.24) is 14.1 Å². The molecule has 0 radical (unpaired) electrons. The molecule has 8 heteroatoms. The molecule has 1 aromatic carbocycles. The molecule has 2 amide bonds. The first-order valence-corrected chi connectivity index (χ1v) is 9.73. The van der Waals surface area contributed by atoms with Gasteiger partial charge in [0.1, 0.15) is 0 Å². The molecular formula is C17H25N3O4S. The Morgan fingerprint density at radius 1 is 1.16 bits per heavy atom. The van der Waals surface area contributed by atoms with E-state index in [4.69, 9.17) is 0 Å². The van der Waals surface area contributed by atoms with Crippen LogP contribution in [-0.2, 0) is 14.8 Å². The lowest BCUT2D eigenvalue weighted by molar-refractivity contribution is -0.128. The molecule has 0 spiro atoms. The van der Waals surface area contributed by atoms with Crippen molar-refractivity contribution in [2.24, 2.45) is 0 Å². The highest BCUT2D eigenvalue weighted by Crippen LogP contribution is 2.21. The topological polar surface area (TPSA) is 78.0 Å². The molecule has 1 heterocycles. The fourth-order valence-corrected chi connectivity index (χ4v) is 4.44. The Morgan fingerprint density at radius 3 is 2.40 bits per heavy atom. The summed E-state index contributed by atoms with van der Waals surface area (Å²) < 4.78 is 26.6. The van der Waals surface area contributed by atoms with Gasteiger partial charge >= 0.3 is 0 Å². The molecule has 0 saturated carbocycles. The Kier molecular flexibility index (Phi) is 6.18. The number of carbonyl (C=O) groups is 2. The molecule has 1 unspecified atom stereocenters. The minimum Gasteiger partial charge on any atom is -0.348 e. The van der Waals surface area contributed by atoms with Crippen molar-refractivity contribution in [3.8, 4) is 0 Å². The third-order valence-corrected chi connectivity index (χ3v) is 6.62. The summed E-state index contributed by atoms with van der Waals surface area (Å²) in [6, 6.07) is 8.85. The average Bonchev–Trinajstić information content (AvgIpc) is 2.61. The number of amides is 2. The summed E-state index contributed by atoms with van der Waals surface area (Å²) >= 11 is 0. The lowest BCUT2D eigenvalue weighted by atomic mass is 10.1. The second kappa shape index (κ2) is 7.97. The second-order valence-corrected chi connectivity index (χ2v) is 8.79. The number of piperidine rings is 1. The largest absolute Gasteiger partial charge is 0.348 e. The quantitative estimate of drug-likeness (QED) is 0.765. The number of rotatable bonds is 5. The number of carbonyl (C=O) groups excluding carboxylic acids is 2. The van der Waals surface area contributed by atoms with E-state index in [-0.39, 0.29) is 24.9 Å². The number of likely N-dealkylation sites (N-methyl/N-ethyl adjacent to an activating group) is 2. The standard InChI is InChI=1S/C17H25N3O4S/c1-18(2)16(21)13-19(3)25(23,24)15-10-7-11-20(12-15)17(22)14-8-5-4-6-9-14/h4-6,8-9,15H,7,10-13H2,1-3H3.